The molecule has 1 N–H and O–H groups in total. The van der Waals surface area contributed by atoms with Crippen molar-refractivity contribution in [2.75, 3.05) is 0 Å². The number of hydrogen-bond acceptors (Lipinski definition) is 3. The Balaban J connectivity index is 3.30. The van der Waals surface area contributed by atoms with Crippen LogP contribution in [0, 0.1) is 15.9 Å². The van der Waals surface area contributed by atoms with Gasteiger partial charge in [-0.25, -0.2) is 9.18 Å². The maximum Gasteiger partial charge on any atom is 0.328 e. The molecule has 0 fully saturated rings. The van der Waals surface area contributed by atoms with Crippen LogP contribution in [0.25, 0.3) is 6.08 Å². The summed E-state index contributed by atoms with van der Waals surface area (Å²) in [5.74, 6) is -1.96. The lowest BCUT2D eigenvalue weighted by molar-refractivity contribution is -0.385. The second-order valence-corrected chi connectivity index (χ2v) is 3.61. The highest BCUT2D eigenvalue weighted by molar-refractivity contribution is 9.10. The number of aliphatic carboxylic acids is 1. The van der Waals surface area contributed by atoms with E-state index < -0.39 is 16.7 Å². The molecule has 16 heavy (non-hydrogen) atoms. The van der Waals surface area contributed by atoms with Crippen molar-refractivity contribution in [1.82, 2.24) is 0 Å². The van der Waals surface area contributed by atoms with Gasteiger partial charge in [-0.2, -0.15) is 0 Å². The van der Waals surface area contributed by atoms with E-state index in [-0.39, 0.29) is 15.7 Å². The molecule has 1 aromatic rings. The number of nitro groups is 1. The number of halogens is 2. The first-order valence-corrected chi connectivity index (χ1v) is 4.75. The van der Waals surface area contributed by atoms with Crippen molar-refractivity contribution in [3.63, 3.8) is 0 Å². The molecule has 0 spiro atoms. The van der Waals surface area contributed by atoms with Crippen molar-refractivity contribution in [3.05, 3.63) is 44.2 Å². The smallest absolute Gasteiger partial charge is 0.328 e. The number of hydrogen-bond donors (Lipinski definition) is 1. The molecule has 0 atom stereocenters. The Morgan fingerprint density at radius 3 is 2.69 bits per heavy atom. The van der Waals surface area contributed by atoms with Gasteiger partial charge in [-0.15, -0.1) is 0 Å². The molecule has 1 aromatic carbocycles. The molecular weight excluding hydrogens is 285 g/mol. The van der Waals surface area contributed by atoms with Crippen LogP contribution < -0.4 is 0 Å². The molecule has 0 aliphatic heterocycles. The predicted molar refractivity (Wildman–Crippen MR) is 57.4 cm³/mol. The van der Waals surface area contributed by atoms with Crippen molar-refractivity contribution in [2.24, 2.45) is 0 Å². The maximum absolute atomic E-state index is 13.1. The van der Waals surface area contributed by atoms with Crippen LogP contribution in [0.2, 0.25) is 0 Å². The van der Waals surface area contributed by atoms with Crippen LogP contribution in [0.3, 0.4) is 0 Å². The summed E-state index contributed by atoms with van der Waals surface area (Å²) in [6.45, 7) is 0. The number of carboxylic acid groups (broad SMARTS) is 1. The van der Waals surface area contributed by atoms with E-state index in [1.54, 1.807) is 0 Å². The summed E-state index contributed by atoms with van der Waals surface area (Å²) in [5.41, 5.74) is -0.473. The summed E-state index contributed by atoms with van der Waals surface area (Å²) in [6.07, 6.45) is 1.67. The second kappa shape index (κ2) is 4.84. The Morgan fingerprint density at radius 2 is 2.19 bits per heavy atom. The Kier molecular flexibility index (Phi) is 3.73. The van der Waals surface area contributed by atoms with Crippen molar-refractivity contribution in [1.29, 1.82) is 0 Å². The minimum Gasteiger partial charge on any atom is -0.478 e. The van der Waals surface area contributed by atoms with Gasteiger partial charge in [0.05, 0.1) is 15.0 Å². The van der Waals surface area contributed by atoms with Crippen LogP contribution >= 0.6 is 15.9 Å². The molecular formula is C9H5BrFNO4. The van der Waals surface area contributed by atoms with Gasteiger partial charge in [-0.1, -0.05) is 0 Å². The molecule has 5 nitrogen and oxygen atoms in total. The van der Waals surface area contributed by atoms with Gasteiger partial charge in [-0.05, 0) is 28.1 Å². The Bertz CT molecular complexity index is 487. The van der Waals surface area contributed by atoms with Gasteiger partial charge < -0.3 is 5.11 Å². The first-order valence-electron chi connectivity index (χ1n) is 3.96. The van der Waals surface area contributed by atoms with Gasteiger partial charge in [0, 0.05) is 12.1 Å². The molecule has 7 heteroatoms. The van der Waals surface area contributed by atoms with Crippen molar-refractivity contribution >= 4 is 33.7 Å². The summed E-state index contributed by atoms with van der Waals surface area (Å²) >= 11 is 2.81. The number of benzene rings is 1. The third kappa shape index (κ3) is 2.86. The first-order chi connectivity index (χ1) is 7.41. The van der Waals surface area contributed by atoms with E-state index in [9.17, 15) is 19.3 Å². The third-order valence-electron chi connectivity index (χ3n) is 1.67. The van der Waals surface area contributed by atoms with Crippen LogP contribution in [0.5, 0.6) is 0 Å². The minimum absolute atomic E-state index is 0.0494. The average Bonchev–Trinajstić information content (AvgIpc) is 2.18. The van der Waals surface area contributed by atoms with Gasteiger partial charge in [-0.3, -0.25) is 10.1 Å². The van der Waals surface area contributed by atoms with Crippen LogP contribution in [-0.4, -0.2) is 16.0 Å². The lowest BCUT2D eigenvalue weighted by Gasteiger charge is -1.99. The van der Waals surface area contributed by atoms with Gasteiger partial charge in [0.25, 0.3) is 5.69 Å². The molecule has 0 aliphatic rings. The minimum atomic E-state index is -1.27. The quantitative estimate of drug-likeness (QED) is 0.527. The van der Waals surface area contributed by atoms with Gasteiger partial charge >= 0.3 is 5.97 Å². The van der Waals surface area contributed by atoms with Crippen LogP contribution in [0.15, 0.2) is 22.7 Å². The zero-order chi connectivity index (χ0) is 12.3. The third-order valence-corrected chi connectivity index (χ3v) is 2.28. The number of carbonyl (C=O) groups is 1. The molecule has 0 saturated carbocycles. The number of rotatable bonds is 3. The first kappa shape index (κ1) is 12.3. The monoisotopic (exact) mass is 289 g/mol. The molecule has 0 saturated heterocycles. The molecule has 0 unspecified atom stereocenters. The predicted octanol–water partition coefficient (Wildman–Crippen LogP) is 2.59. The molecule has 0 aliphatic carbocycles. The van der Waals surface area contributed by atoms with E-state index in [0.29, 0.717) is 6.08 Å². The van der Waals surface area contributed by atoms with E-state index in [4.69, 9.17) is 5.11 Å². The SMILES string of the molecule is O=C(O)/C=C/c1cc(F)c(Br)cc1[N+](=O)[O-]. The molecule has 0 radical (unpaired) electrons. The summed E-state index contributed by atoms with van der Waals surface area (Å²) in [5, 5.41) is 19.0. The van der Waals surface area contributed by atoms with E-state index >= 15 is 0 Å². The highest BCUT2D eigenvalue weighted by Crippen LogP contribution is 2.27. The van der Waals surface area contributed by atoms with Crippen molar-refractivity contribution < 1.29 is 19.2 Å². The molecule has 0 aromatic heterocycles. The van der Waals surface area contributed by atoms with Crippen LogP contribution in [0.4, 0.5) is 10.1 Å². The zero-order valence-electron chi connectivity index (χ0n) is 7.68. The lowest BCUT2D eigenvalue weighted by Crippen LogP contribution is -1.94. The molecule has 0 bridgehead atoms. The Hall–Kier alpha value is -1.76. The largest absolute Gasteiger partial charge is 0.478 e. The van der Waals surface area contributed by atoms with Gasteiger partial charge in [0.2, 0.25) is 0 Å². The molecule has 0 amide bonds. The summed E-state index contributed by atoms with van der Waals surface area (Å²) in [6, 6.07) is 1.87. The Labute approximate surface area is 97.5 Å². The zero-order valence-corrected chi connectivity index (χ0v) is 9.27. The topological polar surface area (TPSA) is 80.4 Å². The summed E-state index contributed by atoms with van der Waals surface area (Å²) in [4.78, 5) is 20.1. The molecule has 0 heterocycles. The van der Waals surface area contributed by atoms with Crippen molar-refractivity contribution in [3.8, 4) is 0 Å². The second-order valence-electron chi connectivity index (χ2n) is 2.75. The number of carboxylic acids is 1. The number of nitrogens with zero attached hydrogens (tertiary/aromatic N) is 1. The highest BCUT2D eigenvalue weighted by atomic mass is 79.9. The average molecular weight is 290 g/mol. The molecule has 1 rings (SSSR count). The fraction of sp³-hybridized carbons (Fsp3) is 0. The normalized spacial score (nSPS) is 10.6. The Morgan fingerprint density at radius 1 is 1.56 bits per heavy atom. The fourth-order valence-electron chi connectivity index (χ4n) is 1.00. The van der Waals surface area contributed by atoms with Crippen molar-refractivity contribution in [2.45, 2.75) is 0 Å². The van der Waals surface area contributed by atoms with E-state index in [0.717, 1.165) is 18.2 Å². The van der Waals surface area contributed by atoms with Crippen LogP contribution in [-0.2, 0) is 4.79 Å². The van der Waals surface area contributed by atoms with Crippen LogP contribution in [0.1, 0.15) is 5.56 Å². The van der Waals surface area contributed by atoms with E-state index in [1.807, 2.05) is 0 Å². The summed E-state index contributed by atoms with van der Waals surface area (Å²) in [7, 11) is 0. The van der Waals surface area contributed by atoms with E-state index in [1.165, 1.54) is 0 Å². The van der Waals surface area contributed by atoms with Gasteiger partial charge in [0.1, 0.15) is 5.82 Å². The maximum atomic E-state index is 13.1. The van der Waals surface area contributed by atoms with Gasteiger partial charge in [0.15, 0.2) is 0 Å². The fourth-order valence-corrected chi connectivity index (χ4v) is 1.34. The van der Waals surface area contributed by atoms with E-state index in [2.05, 4.69) is 15.9 Å². The standard InChI is InChI=1S/C9H5BrFNO4/c10-6-4-8(12(15)16)5(3-7(6)11)1-2-9(13)14/h1-4H,(H,13,14)/b2-1+. The summed E-state index contributed by atoms with van der Waals surface area (Å²) < 4.78 is 13.0. The molecule has 84 valence electrons. The highest BCUT2D eigenvalue weighted by Gasteiger charge is 2.15. The lowest BCUT2D eigenvalue weighted by atomic mass is 10.1. The number of nitro benzene ring substituents is 1.